The average Bonchev–Trinajstić information content (AvgIpc) is 3.12. The van der Waals surface area contributed by atoms with E-state index in [4.69, 9.17) is 9.47 Å². The van der Waals surface area contributed by atoms with Crippen molar-refractivity contribution in [3.63, 3.8) is 0 Å². The molecular formula is C19H18N4O5. The number of pyridine rings is 1. The molecule has 144 valence electrons. The molecule has 2 N–H and O–H groups in total. The topological polar surface area (TPSA) is 105 Å². The molecule has 0 fully saturated rings. The Kier molecular flexibility index (Phi) is 4.36. The minimum absolute atomic E-state index is 0.0870. The van der Waals surface area contributed by atoms with Crippen LogP contribution in [0.5, 0.6) is 17.2 Å². The first-order chi connectivity index (χ1) is 13.4. The van der Waals surface area contributed by atoms with E-state index < -0.39 is 11.5 Å². The van der Waals surface area contributed by atoms with Gasteiger partial charge in [-0.15, -0.1) is 0 Å². The van der Waals surface area contributed by atoms with Crippen LogP contribution in [0, 0.1) is 0 Å². The van der Waals surface area contributed by atoms with Gasteiger partial charge in [0.25, 0.3) is 11.5 Å². The van der Waals surface area contributed by atoms with Crippen LogP contribution in [0.2, 0.25) is 0 Å². The van der Waals surface area contributed by atoms with E-state index in [1.165, 1.54) is 12.4 Å². The molecule has 1 aliphatic rings. The summed E-state index contributed by atoms with van der Waals surface area (Å²) in [7, 11) is 3.74. The Morgan fingerprint density at radius 1 is 1.29 bits per heavy atom. The quantitative estimate of drug-likeness (QED) is 0.703. The molecule has 0 saturated carbocycles. The predicted molar refractivity (Wildman–Crippen MR) is 101 cm³/mol. The van der Waals surface area contributed by atoms with Crippen LogP contribution in [-0.4, -0.2) is 46.2 Å². The Morgan fingerprint density at radius 3 is 2.86 bits per heavy atom. The van der Waals surface area contributed by atoms with Gasteiger partial charge in [-0.05, 0) is 32.3 Å². The smallest absolute Gasteiger partial charge is 0.270 e. The maximum absolute atomic E-state index is 12.7. The summed E-state index contributed by atoms with van der Waals surface area (Å²) in [6.07, 6.45) is 2.67. The normalized spacial score (nSPS) is 12.5. The Labute approximate surface area is 159 Å². The van der Waals surface area contributed by atoms with Crippen LogP contribution in [-0.2, 0) is 6.54 Å². The summed E-state index contributed by atoms with van der Waals surface area (Å²) >= 11 is 0. The number of aromatic hydroxyl groups is 1. The fraction of sp³-hybridized carbons (Fsp3) is 0.211. The number of rotatable bonds is 4. The highest BCUT2D eigenvalue weighted by Gasteiger charge is 2.18. The lowest BCUT2D eigenvalue weighted by atomic mass is 10.2. The number of ether oxygens (including phenoxy) is 2. The summed E-state index contributed by atoms with van der Waals surface area (Å²) in [6, 6.07) is 6.57. The molecule has 0 radical (unpaired) electrons. The van der Waals surface area contributed by atoms with Gasteiger partial charge in [0.05, 0.1) is 0 Å². The van der Waals surface area contributed by atoms with Crippen molar-refractivity contribution in [3.05, 3.63) is 58.1 Å². The molecule has 1 aliphatic heterocycles. The second kappa shape index (κ2) is 6.86. The SMILES string of the molecule is CN(C)Cc1ccn2c(=O)c(C(=O)Nc3ccc4c(c3)OCO4)cnc2c1O. The molecular weight excluding hydrogens is 364 g/mol. The zero-order valence-electron chi connectivity index (χ0n) is 15.3. The van der Waals surface area contributed by atoms with E-state index in [1.807, 2.05) is 19.0 Å². The number of nitrogens with one attached hydrogen (secondary N) is 1. The van der Waals surface area contributed by atoms with Crippen LogP contribution >= 0.6 is 0 Å². The molecule has 1 aromatic carbocycles. The third-order valence-corrected chi connectivity index (χ3v) is 4.30. The number of hydrogen-bond acceptors (Lipinski definition) is 7. The molecule has 0 unspecified atom stereocenters. The van der Waals surface area contributed by atoms with Gasteiger partial charge >= 0.3 is 0 Å². The molecule has 9 heteroatoms. The second-order valence-electron chi connectivity index (χ2n) is 6.62. The van der Waals surface area contributed by atoms with Gasteiger partial charge in [0.15, 0.2) is 22.9 Å². The summed E-state index contributed by atoms with van der Waals surface area (Å²) in [5, 5.41) is 13.1. The van der Waals surface area contributed by atoms with Crippen molar-refractivity contribution in [2.45, 2.75) is 6.54 Å². The van der Waals surface area contributed by atoms with E-state index in [1.54, 1.807) is 24.3 Å². The Morgan fingerprint density at radius 2 is 2.07 bits per heavy atom. The van der Waals surface area contributed by atoms with Gasteiger partial charge in [0.1, 0.15) is 5.56 Å². The van der Waals surface area contributed by atoms with E-state index in [-0.39, 0.29) is 23.8 Å². The highest BCUT2D eigenvalue weighted by Crippen LogP contribution is 2.34. The van der Waals surface area contributed by atoms with Gasteiger partial charge < -0.3 is 24.8 Å². The number of anilines is 1. The molecule has 0 spiro atoms. The van der Waals surface area contributed by atoms with Gasteiger partial charge in [-0.3, -0.25) is 14.0 Å². The molecule has 1 amide bonds. The standard InChI is InChI=1S/C19H18N4O5/c1-22(2)9-11-5-6-23-17(16(11)24)20-8-13(19(23)26)18(25)21-12-3-4-14-15(7-12)28-10-27-14/h3-8,24H,9-10H2,1-2H3,(H,21,25). The molecule has 0 saturated heterocycles. The Bertz CT molecular complexity index is 1140. The zero-order chi connectivity index (χ0) is 19.8. The molecule has 0 aliphatic carbocycles. The number of fused-ring (bicyclic) bond motifs is 2. The van der Waals surface area contributed by atoms with Crippen molar-refractivity contribution in [1.29, 1.82) is 0 Å². The molecule has 2 aromatic heterocycles. The fourth-order valence-electron chi connectivity index (χ4n) is 2.97. The third-order valence-electron chi connectivity index (χ3n) is 4.30. The van der Waals surface area contributed by atoms with Crippen LogP contribution in [0.3, 0.4) is 0 Å². The van der Waals surface area contributed by atoms with Crippen molar-refractivity contribution in [3.8, 4) is 17.2 Å². The van der Waals surface area contributed by atoms with Crippen LogP contribution in [0.4, 0.5) is 5.69 Å². The van der Waals surface area contributed by atoms with Crippen molar-refractivity contribution in [2.75, 3.05) is 26.2 Å². The minimum atomic E-state index is -0.609. The van der Waals surface area contributed by atoms with E-state index >= 15 is 0 Å². The van der Waals surface area contributed by atoms with Crippen LogP contribution in [0.1, 0.15) is 15.9 Å². The number of aromatic nitrogens is 2. The molecule has 3 aromatic rings. The van der Waals surface area contributed by atoms with Crippen molar-refractivity contribution in [1.82, 2.24) is 14.3 Å². The Balaban J connectivity index is 1.66. The predicted octanol–water partition coefficient (Wildman–Crippen LogP) is 1.44. The van der Waals surface area contributed by atoms with Gasteiger partial charge in [-0.2, -0.15) is 0 Å². The van der Waals surface area contributed by atoms with E-state index in [0.717, 1.165) is 4.40 Å². The van der Waals surface area contributed by atoms with Crippen LogP contribution < -0.4 is 20.3 Å². The van der Waals surface area contributed by atoms with Crippen molar-refractivity contribution in [2.24, 2.45) is 0 Å². The summed E-state index contributed by atoms with van der Waals surface area (Å²) in [4.78, 5) is 31.3. The maximum atomic E-state index is 12.7. The van der Waals surface area contributed by atoms with Crippen LogP contribution in [0.15, 0.2) is 41.5 Å². The number of amides is 1. The zero-order valence-corrected chi connectivity index (χ0v) is 15.3. The van der Waals surface area contributed by atoms with Gasteiger partial charge in [0.2, 0.25) is 6.79 Å². The lowest BCUT2D eigenvalue weighted by molar-refractivity contribution is 0.102. The molecule has 0 bridgehead atoms. The fourth-order valence-corrected chi connectivity index (χ4v) is 2.97. The summed E-state index contributed by atoms with van der Waals surface area (Å²) in [5.74, 6) is 0.414. The summed E-state index contributed by atoms with van der Waals surface area (Å²) in [6.45, 7) is 0.618. The highest BCUT2D eigenvalue weighted by molar-refractivity contribution is 6.04. The third kappa shape index (κ3) is 3.12. The van der Waals surface area contributed by atoms with Crippen LogP contribution in [0.25, 0.3) is 5.65 Å². The second-order valence-corrected chi connectivity index (χ2v) is 6.62. The summed E-state index contributed by atoms with van der Waals surface area (Å²) in [5.41, 5.74) is 0.478. The first kappa shape index (κ1) is 17.8. The maximum Gasteiger partial charge on any atom is 0.270 e. The summed E-state index contributed by atoms with van der Waals surface area (Å²) < 4.78 is 11.7. The highest BCUT2D eigenvalue weighted by atomic mass is 16.7. The van der Waals surface area contributed by atoms with E-state index in [2.05, 4.69) is 10.3 Å². The number of carbonyl (C=O) groups excluding carboxylic acids is 1. The number of nitrogens with zero attached hydrogens (tertiary/aromatic N) is 3. The Hall–Kier alpha value is -3.59. The van der Waals surface area contributed by atoms with Gasteiger partial charge in [-0.25, -0.2) is 4.98 Å². The lowest BCUT2D eigenvalue weighted by Crippen LogP contribution is -2.27. The first-order valence-electron chi connectivity index (χ1n) is 8.52. The first-order valence-corrected chi connectivity index (χ1v) is 8.52. The molecule has 9 nitrogen and oxygen atoms in total. The largest absolute Gasteiger partial charge is 0.504 e. The van der Waals surface area contributed by atoms with E-state index in [0.29, 0.717) is 29.3 Å². The minimum Gasteiger partial charge on any atom is -0.504 e. The van der Waals surface area contributed by atoms with Gasteiger partial charge in [0, 0.05) is 36.3 Å². The van der Waals surface area contributed by atoms with Crippen molar-refractivity contribution < 1.29 is 19.4 Å². The monoisotopic (exact) mass is 382 g/mol. The molecule has 0 atom stereocenters. The molecule has 28 heavy (non-hydrogen) atoms. The number of hydrogen-bond donors (Lipinski definition) is 2. The lowest BCUT2D eigenvalue weighted by Gasteiger charge is -2.13. The van der Waals surface area contributed by atoms with Crippen molar-refractivity contribution >= 4 is 17.2 Å². The number of carbonyl (C=O) groups is 1. The number of benzene rings is 1. The molecule has 3 heterocycles. The average molecular weight is 382 g/mol. The van der Waals surface area contributed by atoms with Gasteiger partial charge in [-0.1, -0.05) is 0 Å². The molecule has 4 rings (SSSR count). The van der Waals surface area contributed by atoms with E-state index in [9.17, 15) is 14.7 Å².